The predicted octanol–water partition coefficient (Wildman–Crippen LogP) is 2.34. The SMILES string of the molecule is CNC1(C(=O)O)CCCC1CCN(CC(C)C)C1CC1. The van der Waals surface area contributed by atoms with Gasteiger partial charge in [-0.15, -0.1) is 0 Å². The minimum absolute atomic E-state index is 0.276. The highest BCUT2D eigenvalue weighted by Gasteiger charge is 2.48. The topological polar surface area (TPSA) is 52.6 Å². The summed E-state index contributed by atoms with van der Waals surface area (Å²) in [6.07, 6.45) is 6.52. The molecule has 0 radical (unpaired) electrons. The number of likely N-dealkylation sites (N-methyl/N-ethyl adjacent to an activating group) is 1. The van der Waals surface area contributed by atoms with E-state index in [4.69, 9.17) is 0 Å². The lowest BCUT2D eigenvalue weighted by Gasteiger charge is -2.33. The van der Waals surface area contributed by atoms with E-state index in [1.54, 1.807) is 7.05 Å². The van der Waals surface area contributed by atoms with Crippen molar-refractivity contribution in [3.63, 3.8) is 0 Å². The largest absolute Gasteiger partial charge is 0.480 e. The Hall–Kier alpha value is -0.610. The number of nitrogens with zero attached hydrogens (tertiary/aromatic N) is 1. The van der Waals surface area contributed by atoms with Gasteiger partial charge in [0.15, 0.2) is 0 Å². The summed E-state index contributed by atoms with van der Waals surface area (Å²) in [7, 11) is 1.80. The molecule has 2 aliphatic rings. The highest BCUT2D eigenvalue weighted by molar-refractivity contribution is 5.79. The summed E-state index contributed by atoms with van der Waals surface area (Å²) in [6, 6.07) is 0.771. The van der Waals surface area contributed by atoms with Gasteiger partial charge in [0, 0.05) is 12.6 Å². The number of hydrogen-bond acceptors (Lipinski definition) is 3. The monoisotopic (exact) mass is 282 g/mol. The lowest BCUT2D eigenvalue weighted by Crippen LogP contribution is -2.53. The van der Waals surface area contributed by atoms with Crippen molar-refractivity contribution in [1.29, 1.82) is 0 Å². The molecule has 2 aliphatic carbocycles. The fraction of sp³-hybridized carbons (Fsp3) is 0.938. The molecule has 0 bridgehead atoms. The van der Waals surface area contributed by atoms with Crippen LogP contribution in [0.1, 0.15) is 52.4 Å². The van der Waals surface area contributed by atoms with Crippen LogP contribution in [-0.4, -0.2) is 47.7 Å². The maximum absolute atomic E-state index is 11.7. The van der Waals surface area contributed by atoms with E-state index in [0.717, 1.165) is 44.8 Å². The fourth-order valence-corrected chi connectivity index (χ4v) is 3.84. The fourth-order valence-electron chi connectivity index (χ4n) is 3.84. The van der Waals surface area contributed by atoms with Gasteiger partial charge in [-0.3, -0.25) is 4.79 Å². The number of aliphatic carboxylic acids is 1. The molecular weight excluding hydrogens is 252 g/mol. The van der Waals surface area contributed by atoms with E-state index in [0.29, 0.717) is 5.92 Å². The second-order valence-corrected chi connectivity index (χ2v) is 7.02. The molecule has 20 heavy (non-hydrogen) atoms. The van der Waals surface area contributed by atoms with Crippen LogP contribution >= 0.6 is 0 Å². The summed E-state index contributed by atoms with van der Waals surface area (Å²) in [5, 5.41) is 12.7. The van der Waals surface area contributed by atoms with Crippen LogP contribution in [0.2, 0.25) is 0 Å². The van der Waals surface area contributed by atoms with E-state index < -0.39 is 11.5 Å². The molecule has 0 aromatic carbocycles. The Morgan fingerprint density at radius 1 is 1.40 bits per heavy atom. The maximum Gasteiger partial charge on any atom is 0.324 e. The van der Waals surface area contributed by atoms with E-state index >= 15 is 0 Å². The molecule has 4 nitrogen and oxygen atoms in total. The molecule has 116 valence electrons. The van der Waals surface area contributed by atoms with Gasteiger partial charge in [0.1, 0.15) is 5.54 Å². The van der Waals surface area contributed by atoms with Gasteiger partial charge >= 0.3 is 5.97 Å². The zero-order chi connectivity index (χ0) is 14.8. The highest BCUT2D eigenvalue weighted by atomic mass is 16.4. The standard InChI is InChI=1S/C16H30N2O2/c1-12(2)11-18(14-6-7-14)10-8-13-5-4-9-16(13,17-3)15(19)20/h12-14,17H,4-11H2,1-3H3,(H,19,20). The summed E-state index contributed by atoms with van der Waals surface area (Å²) >= 11 is 0. The van der Waals surface area contributed by atoms with Gasteiger partial charge in [0.05, 0.1) is 0 Å². The van der Waals surface area contributed by atoms with Gasteiger partial charge in [-0.2, -0.15) is 0 Å². The average molecular weight is 282 g/mol. The first-order chi connectivity index (χ1) is 9.49. The third-order valence-corrected chi connectivity index (χ3v) is 5.08. The van der Waals surface area contributed by atoms with E-state index in [2.05, 4.69) is 24.1 Å². The Bertz CT molecular complexity index is 341. The third-order valence-electron chi connectivity index (χ3n) is 5.08. The van der Waals surface area contributed by atoms with Crippen molar-refractivity contribution in [1.82, 2.24) is 10.2 Å². The number of rotatable bonds is 8. The number of hydrogen-bond donors (Lipinski definition) is 2. The van der Waals surface area contributed by atoms with Crippen LogP contribution in [0, 0.1) is 11.8 Å². The van der Waals surface area contributed by atoms with Crippen LogP contribution in [0.5, 0.6) is 0 Å². The molecule has 0 amide bonds. The first kappa shape index (κ1) is 15.8. The summed E-state index contributed by atoms with van der Waals surface area (Å²) in [6.45, 7) is 6.74. The normalized spacial score (nSPS) is 30.4. The van der Waals surface area contributed by atoms with E-state index in [-0.39, 0.29) is 5.92 Å². The second kappa shape index (κ2) is 6.44. The molecule has 0 aliphatic heterocycles. The smallest absolute Gasteiger partial charge is 0.324 e. The Balaban J connectivity index is 1.92. The van der Waals surface area contributed by atoms with E-state index in [1.807, 2.05) is 0 Å². The first-order valence-electron chi connectivity index (χ1n) is 8.16. The van der Waals surface area contributed by atoms with Crippen LogP contribution in [0.15, 0.2) is 0 Å². The lowest BCUT2D eigenvalue weighted by molar-refractivity contribution is -0.146. The van der Waals surface area contributed by atoms with Gasteiger partial charge in [-0.05, 0) is 57.5 Å². The molecule has 0 aromatic heterocycles. The van der Waals surface area contributed by atoms with Crippen LogP contribution in [-0.2, 0) is 4.79 Å². The zero-order valence-electron chi connectivity index (χ0n) is 13.2. The summed E-state index contributed by atoms with van der Waals surface area (Å²) in [4.78, 5) is 14.2. The zero-order valence-corrected chi connectivity index (χ0v) is 13.2. The van der Waals surface area contributed by atoms with Gasteiger partial charge in [0.2, 0.25) is 0 Å². The molecule has 2 saturated carbocycles. The molecular formula is C16H30N2O2. The predicted molar refractivity (Wildman–Crippen MR) is 80.8 cm³/mol. The van der Waals surface area contributed by atoms with Crippen molar-refractivity contribution in [2.45, 2.75) is 64.0 Å². The van der Waals surface area contributed by atoms with Crippen molar-refractivity contribution in [2.75, 3.05) is 20.1 Å². The summed E-state index contributed by atoms with van der Waals surface area (Å²) in [5.74, 6) is 0.301. The van der Waals surface area contributed by atoms with Crippen molar-refractivity contribution >= 4 is 5.97 Å². The molecule has 2 unspecified atom stereocenters. The quantitative estimate of drug-likeness (QED) is 0.717. The molecule has 0 spiro atoms. The van der Waals surface area contributed by atoms with Crippen LogP contribution in [0.3, 0.4) is 0 Å². The maximum atomic E-state index is 11.7. The summed E-state index contributed by atoms with van der Waals surface area (Å²) in [5.41, 5.74) is -0.674. The minimum atomic E-state index is -0.674. The van der Waals surface area contributed by atoms with Crippen LogP contribution in [0.25, 0.3) is 0 Å². The Kier molecular flexibility index (Phi) is 5.08. The number of carbonyl (C=O) groups is 1. The van der Waals surface area contributed by atoms with E-state index in [9.17, 15) is 9.90 Å². The molecule has 0 heterocycles. The van der Waals surface area contributed by atoms with Crippen LogP contribution in [0.4, 0.5) is 0 Å². The number of nitrogens with one attached hydrogen (secondary N) is 1. The van der Waals surface area contributed by atoms with Gasteiger partial charge in [-0.25, -0.2) is 0 Å². The third kappa shape index (κ3) is 3.34. The van der Waals surface area contributed by atoms with E-state index in [1.165, 1.54) is 12.8 Å². The molecule has 4 heteroatoms. The second-order valence-electron chi connectivity index (χ2n) is 7.02. The molecule has 2 fully saturated rings. The van der Waals surface area contributed by atoms with Crippen molar-refractivity contribution < 1.29 is 9.90 Å². The minimum Gasteiger partial charge on any atom is -0.480 e. The molecule has 2 rings (SSSR count). The van der Waals surface area contributed by atoms with Gasteiger partial charge in [0.25, 0.3) is 0 Å². The number of carboxylic acids is 1. The average Bonchev–Trinajstić information content (AvgIpc) is 3.14. The Morgan fingerprint density at radius 2 is 2.10 bits per heavy atom. The van der Waals surface area contributed by atoms with Crippen LogP contribution < -0.4 is 5.32 Å². The Morgan fingerprint density at radius 3 is 2.60 bits per heavy atom. The lowest BCUT2D eigenvalue weighted by atomic mass is 9.84. The van der Waals surface area contributed by atoms with Crippen molar-refractivity contribution in [3.8, 4) is 0 Å². The highest BCUT2D eigenvalue weighted by Crippen LogP contribution is 2.39. The van der Waals surface area contributed by atoms with Crippen molar-refractivity contribution in [3.05, 3.63) is 0 Å². The summed E-state index contributed by atoms with van der Waals surface area (Å²) < 4.78 is 0. The molecule has 2 atom stereocenters. The molecule has 0 aromatic rings. The van der Waals surface area contributed by atoms with Gasteiger partial charge in [-0.1, -0.05) is 20.3 Å². The number of carboxylic acid groups (broad SMARTS) is 1. The van der Waals surface area contributed by atoms with Crippen molar-refractivity contribution in [2.24, 2.45) is 11.8 Å². The first-order valence-corrected chi connectivity index (χ1v) is 8.16. The Labute approximate surface area is 122 Å². The molecule has 2 N–H and O–H groups in total. The molecule has 0 saturated heterocycles. The van der Waals surface area contributed by atoms with Gasteiger partial charge < -0.3 is 15.3 Å².